The largest absolute Gasteiger partial charge is 0.411 e. The Morgan fingerprint density at radius 1 is 1.58 bits per heavy atom. The first kappa shape index (κ1) is 9.90. The third-order valence-electron chi connectivity index (χ3n) is 2.52. The van der Waals surface area contributed by atoms with Crippen molar-refractivity contribution in [2.24, 2.45) is 11.1 Å². The molecule has 0 radical (unpaired) electrons. The van der Waals surface area contributed by atoms with Crippen LogP contribution in [0, 0.1) is 5.92 Å². The zero-order valence-electron chi connectivity index (χ0n) is 7.95. The Hall–Kier alpha value is -0.180. The van der Waals surface area contributed by atoms with Gasteiger partial charge in [-0.2, -0.15) is 11.8 Å². The summed E-state index contributed by atoms with van der Waals surface area (Å²) in [4.78, 5) is 0. The van der Waals surface area contributed by atoms with Gasteiger partial charge in [0.1, 0.15) is 0 Å². The number of oxime groups is 1. The molecule has 1 saturated heterocycles. The van der Waals surface area contributed by atoms with Crippen LogP contribution in [0.15, 0.2) is 5.16 Å². The van der Waals surface area contributed by atoms with E-state index in [4.69, 9.17) is 5.21 Å². The molecule has 1 fully saturated rings. The van der Waals surface area contributed by atoms with Crippen LogP contribution in [0.1, 0.15) is 33.6 Å². The molecular weight excluding hydrogens is 170 g/mol. The van der Waals surface area contributed by atoms with Gasteiger partial charge in [-0.3, -0.25) is 0 Å². The van der Waals surface area contributed by atoms with E-state index in [0.717, 1.165) is 18.6 Å². The van der Waals surface area contributed by atoms with Crippen LogP contribution in [-0.2, 0) is 0 Å². The monoisotopic (exact) mass is 187 g/mol. The molecule has 3 heteroatoms. The Balaban J connectivity index is 2.68. The summed E-state index contributed by atoms with van der Waals surface area (Å²) in [6.45, 7) is 6.55. The lowest BCUT2D eigenvalue weighted by Gasteiger charge is -2.32. The molecule has 0 amide bonds. The van der Waals surface area contributed by atoms with Gasteiger partial charge in [0.15, 0.2) is 0 Å². The van der Waals surface area contributed by atoms with Gasteiger partial charge in [0, 0.05) is 22.8 Å². The lowest BCUT2D eigenvalue weighted by molar-refractivity contribution is 0.312. The quantitative estimate of drug-likeness (QED) is 0.505. The summed E-state index contributed by atoms with van der Waals surface area (Å²) in [5, 5.41) is 13.4. The third-order valence-corrected chi connectivity index (χ3v) is 4.24. The van der Waals surface area contributed by atoms with Crippen molar-refractivity contribution >= 4 is 17.5 Å². The predicted octanol–water partition coefficient (Wildman–Crippen LogP) is 2.76. The Morgan fingerprint density at radius 2 is 2.25 bits per heavy atom. The molecule has 1 aliphatic heterocycles. The van der Waals surface area contributed by atoms with Gasteiger partial charge in [-0.05, 0) is 6.42 Å². The fourth-order valence-corrected chi connectivity index (χ4v) is 3.19. The fourth-order valence-electron chi connectivity index (χ4n) is 1.74. The highest BCUT2D eigenvalue weighted by molar-refractivity contribution is 8.00. The van der Waals surface area contributed by atoms with Crippen LogP contribution < -0.4 is 0 Å². The van der Waals surface area contributed by atoms with Crippen molar-refractivity contribution < 1.29 is 5.21 Å². The third kappa shape index (κ3) is 1.94. The number of hydrogen-bond donors (Lipinski definition) is 1. The first-order valence-electron chi connectivity index (χ1n) is 4.55. The lowest BCUT2D eigenvalue weighted by atomic mass is 9.95. The summed E-state index contributed by atoms with van der Waals surface area (Å²) in [7, 11) is 0. The van der Waals surface area contributed by atoms with Gasteiger partial charge in [-0.15, -0.1) is 0 Å². The molecule has 1 aliphatic rings. The van der Waals surface area contributed by atoms with Crippen LogP contribution in [0.25, 0.3) is 0 Å². The maximum absolute atomic E-state index is 8.77. The summed E-state index contributed by atoms with van der Waals surface area (Å²) in [5.74, 6) is 0.446. The molecule has 70 valence electrons. The highest BCUT2D eigenvalue weighted by atomic mass is 32.2. The summed E-state index contributed by atoms with van der Waals surface area (Å²) < 4.78 is 0. The van der Waals surface area contributed by atoms with Gasteiger partial charge in [0.25, 0.3) is 0 Å². The molecule has 0 aromatic heterocycles. The number of thioether (sulfide) groups is 1. The van der Waals surface area contributed by atoms with Crippen molar-refractivity contribution in [1.82, 2.24) is 0 Å². The van der Waals surface area contributed by atoms with Gasteiger partial charge in [0.2, 0.25) is 0 Å². The molecule has 0 aromatic carbocycles. The molecule has 0 bridgehead atoms. The molecule has 2 nitrogen and oxygen atoms in total. The maximum Gasteiger partial charge on any atom is 0.0620 e. The first-order valence-corrected chi connectivity index (χ1v) is 5.49. The molecule has 3 unspecified atom stereocenters. The molecule has 1 rings (SSSR count). The van der Waals surface area contributed by atoms with Crippen molar-refractivity contribution in [3.63, 3.8) is 0 Å². The minimum absolute atomic E-state index is 0.446. The van der Waals surface area contributed by atoms with Gasteiger partial charge in [-0.1, -0.05) is 25.9 Å². The molecule has 1 heterocycles. The van der Waals surface area contributed by atoms with Crippen molar-refractivity contribution in [1.29, 1.82) is 0 Å². The summed E-state index contributed by atoms with van der Waals surface area (Å²) in [5.41, 5.74) is 0.980. The Bertz CT molecular complexity index is 181. The van der Waals surface area contributed by atoms with E-state index in [-0.39, 0.29) is 0 Å². The highest BCUT2D eigenvalue weighted by Crippen LogP contribution is 2.35. The van der Waals surface area contributed by atoms with Crippen LogP contribution in [0.5, 0.6) is 0 Å². The van der Waals surface area contributed by atoms with Crippen molar-refractivity contribution in [2.45, 2.75) is 44.1 Å². The summed E-state index contributed by atoms with van der Waals surface area (Å²) in [6.07, 6.45) is 2.11. The molecule has 1 N–H and O–H groups in total. The topological polar surface area (TPSA) is 32.6 Å². The Kier molecular flexibility index (Phi) is 3.44. The van der Waals surface area contributed by atoms with Crippen molar-refractivity contribution in [3.8, 4) is 0 Å². The fraction of sp³-hybridized carbons (Fsp3) is 0.889. The molecule has 0 aromatic rings. The lowest BCUT2D eigenvalue weighted by Crippen LogP contribution is -2.32. The SMILES string of the molecule is CCC1SC(C)CC(=NO)C1C. The average molecular weight is 187 g/mol. The minimum Gasteiger partial charge on any atom is -0.411 e. The van der Waals surface area contributed by atoms with E-state index in [1.807, 2.05) is 11.8 Å². The summed E-state index contributed by atoms with van der Waals surface area (Å²) in [6, 6.07) is 0. The second-order valence-electron chi connectivity index (χ2n) is 3.48. The Labute approximate surface area is 78.4 Å². The van der Waals surface area contributed by atoms with Crippen LogP contribution >= 0.6 is 11.8 Å². The molecule has 0 aliphatic carbocycles. The normalized spacial score (nSPS) is 40.2. The van der Waals surface area contributed by atoms with Crippen molar-refractivity contribution in [3.05, 3.63) is 0 Å². The van der Waals surface area contributed by atoms with Crippen molar-refractivity contribution in [2.75, 3.05) is 0 Å². The average Bonchev–Trinajstić information content (AvgIpc) is 2.08. The molecule has 0 saturated carbocycles. The number of rotatable bonds is 1. The maximum atomic E-state index is 8.77. The molecule has 12 heavy (non-hydrogen) atoms. The number of nitrogens with zero attached hydrogens (tertiary/aromatic N) is 1. The standard InChI is InChI=1S/C9H17NOS/c1-4-9-7(3)8(10-11)5-6(2)12-9/h6-7,9,11H,4-5H2,1-3H3. The predicted molar refractivity (Wildman–Crippen MR) is 54.1 cm³/mol. The van der Waals surface area contributed by atoms with E-state index in [2.05, 4.69) is 25.9 Å². The molecular formula is C9H17NOS. The smallest absolute Gasteiger partial charge is 0.0620 e. The minimum atomic E-state index is 0.446. The zero-order valence-corrected chi connectivity index (χ0v) is 8.77. The van der Waals surface area contributed by atoms with E-state index in [0.29, 0.717) is 16.4 Å². The highest BCUT2D eigenvalue weighted by Gasteiger charge is 2.29. The Morgan fingerprint density at radius 3 is 2.75 bits per heavy atom. The zero-order chi connectivity index (χ0) is 9.14. The molecule has 0 spiro atoms. The van der Waals surface area contributed by atoms with Gasteiger partial charge >= 0.3 is 0 Å². The van der Waals surface area contributed by atoms with Crippen LogP contribution in [0.2, 0.25) is 0 Å². The number of hydrogen-bond acceptors (Lipinski definition) is 3. The van der Waals surface area contributed by atoms with Crippen LogP contribution in [0.4, 0.5) is 0 Å². The van der Waals surface area contributed by atoms with Gasteiger partial charge < -0.3 is 5.21 Å². The molecule has 3 atom stereocenters. The van der Waals surface area contributed by atoms with E-state index in [1.54, 1.807) is 0 Å². The van der Waals surface area contributed by atoms with E-state index < -0.39 is 0 Å². The van der Waals surface area contributed by atoms with E-state index >= 15 is 0 Å². The second kappa shape index (κ2) is 4.17. The van der Waals surface area contributed by atoms with Crippen LogP contribution in [0.3, 0.4) is 0 Å². The van der Waals surface area contributed by atoms with Gasteiger partial charge in [0.05, 0.1) is 5.71 Å². The second-order valence-corrected chi connectivity index (χ2v) is 5.16. The van der Waals surface area contributed by atoms with E-state index in [1.165, 1.54) is 0 Å². The van der Waals surface area contributed by atoms with Crippen LogP contribution in [-0.4, -0.2) is 21.4 Å². The van der Waals surface area contributed by atoms with E-state index in [9.17, 15) is 0 Å². The summed E-state index contributed by atoms with van der Waals surface area (Å²) >= 11 is 2.02. The van der Waals surface area contributed by atoms with Gasteiger partial charge in [-0.25, -0.2) is 0 Å². The first-order chi connectivity index (χ1) is 5.69.